The number of H-pyrrole nitrogens is 1. The largest absolute Gasteiger partial charge is 0.325 e. The van der Waals surface area contributed by atoms with Gasteiger partial charge in [0, 0.05) is 24.2 Å². The van der Waals surface area contributed by atoms with Crippen LogP contribution in [0.15, 0.2) is 24.4 Å². The third-order valence-corrected chi connectivity index (χ3v) is 4.80. The van der Waals surface area contributed by atoms with Crippen molar-refractivity contribution in [3.63, 3.8) is 0 Å². The molecule has 5 nitrogen and oxygen atoms in total. The van der Waals surface area contributed by atoms with Gasteiger partial charge >= 0.3 is 6.03 Å². The van der Waals surface area contributed by atoms with Gasteiger partial charge in [-0.15, -0.1) is 0 Å². The Bertz CT molecular complexity index is 606. The van der Waals surface area contributed by atoms with Crippen molar-refractivity contribution in [3.8, 4) is 0 Å². The van der Waals surface area contributed by atoms with Crippen molar-refractivity contribution >= 4 is 34.4 Å². The van der Waals surface area contributed by atoms with Crippen LogP contribution >= 0.6 is 11.8 Å². The number of carbonyl (C=O) groups excluding carboxylic acids is 1. The summed E-state index contributed by atoms with van der Waals surface area (Å²) in [6.07, 6.45) is 3.93. The van der Waals surface area contributed by atoms with Crippen LogP contribution in [0.5, 0.6) is 0 Å². The molecule has 1 aromatic heterocycles. The predicted octanol–water partition coefficient (Wildman–Crippen LogP) is 2.92. The molecule has 1 aromatic carbocycles. The number of hydrogen-bond acceptors (Lipinski definition) is 3. The topological polar surface area (TPSA) is 61.0 Å². The molecule has 0 atom stereocenters. The van der Waals surface area contributed by atoms with E-state index >= 15 is 0 Å². The van der Waals surface area contributed by atoms with Crippen molar-refractivity contribution in [2.75, 3.05) is 23.9 Å². The number of aromatic nitrogens is 2. The molecule has 1 aliphatic rings. The summed E-state index contributed by atoms with van der Waals surface area (Å²) in [6.45, 7) is 0. The molecule has 3 rings (SSSR count). The Kier molecular flexibility index (Phi) is 3.82. The summed E-state index contributed by atoms with van der Waals surface area (Å²) in [4.78, 5) is 14.1. The van der Waals surface area contributed by atoms with Gasteiger partial charge in [-0.25, -0.2) is 4.79 Å². The SMILES string of the molecule is CN(C(=O)Nc1ccc2cn[nH]c2c1)C1CCSCC1. The standard InChI is InChI=1S/C14H18N4OS/c1-18(12-4-6-20-7-5-12)14(19)16-11-3-2-10-9-15-17-13(10)8-11/h2-3,8-9,12H,4-7H2,1H3,(H,15,17)(H,16,19). The molecule has 1 fully saturated rings. The molecule has 0 radical (unpaired) electrons. The zero-order valence-corrected chi connectivity index (χ0v) is 12.2. The minimum Gasteiger partial charge on any atom is -0.325 e. The number of rotatable bonds is 2. The maximum atomic E-state index is 12.3. The van der Waals surface area contributed by atoms with E-state index in [-0.39, 0.29) is 6.03 Å². The van der Waals surface area contributed by atoms with Crippen LogP contribution in [-0.4, -0.2) is 45.7 Å². The third-order valence-electron chi connectivity index (χ3n) is 3.75. The number of anilines is 1. The minimum atomic E-state index is -0.0410. The van der Waals surface area contributed by atoms with Gasteiger partial charge in [-0.2, -0.15) is 16.9 Å². The smallest absolute Gasteiger partial charge is 0.321 e. The minimum absolute atomic E-state index is 0.0410. The number of benzene rings is 1. The van der Waals surface area contributed by atoms with E-state index in [1.165, 1.54) is 0 Å². The lowest BCUT2D eigenvalue weighted by Gasteiger charge is -2.31. The fourth-order valence-corrected chi connectivity index (χ4v) is 3.55. The Morgan fingerprint density at radius 2 is 2.25 bits per heavy atom. The number of aromatic amines is 1. The third kappa shape index (κ3) is 2.75. The van der Waals surface area contributed by atoms with Gasteiger partial charge in [0.2, 0.25) is 0 Å². The highest BCUT2D eigenvalue weighted by atomic mass is 32.2. The highest BCUT2D eigenvalue weighted by Crippen LogP contribution is 2.22. The maximum Gasteiger partial charge on any atom is 0.321 e. The molecular weight excluding hydrogens is 272 g/mol. The molecule has 1 saturated heterocycles. The van der Waals surface area contributed by atoms with Gasteiger partial charge < -0.3 is 10.2 Å². The van der Waals surface area contributed by atoms with E-state index in [0.717, 1.165) is 40.9 Å². The van der Waals surface area contributed by atoms with E-state index in [1.54, 1.807) is 6.20 Å². The second kappa shape index (κ2) is 5.75. The zero-order valence-electron chi connectivity index (χ0n) is 11.4. The summed E-state index contributed by atoms with van der Waals surface area (Å²) in [5, 5.41) is 10.9. The Balaban J connectivity index is 1.67. The fourth-order valence-electron chi connectivity index (χ4n) is 2.46. The number of nitrogens with zero attached hydrogens (tertiary/aromatic N) is 2. The normalized spacial score (nSPS) is 16.2. The summed E-state index contributed by atoms with van der Waals surface area (Å²) in [7, 11) is 1.88. The molecule has 0 saturated carbocycles. The van der Waals surface area contributed by atoms with E-state index in [1.807, 2.05) is 41.9 Å². The monoisotopic (exact) mass is 290 g/mol. The van der Waals surface area contributed by atoms with E-state index < -0.39 is 0 Å². The van der Waals surface area contributed by atoms with Crippen LogP contribution in [-0.2, 0) is 0 Å². The Labute approximate surface area is 122 Å². The van der Waals surface area contributed by atoms with Gasteiger partial charge in [-0.05, 0) is 42.5 Å². The molecule has 2 aromatic rings. The quantitative estimate of drug-likeness (QED) is 0.894. The zero-order chi connectivity index (χ0) is 13.9. The summed E-state index contributed by atoms with van der Waals surface area (Å²) in [5.74, 6) is 2.28. The Hall–Kier alpha value is -1.69. The van der Waals surface area contributed by atoms with E-state index in [2.05, 4.69) is 15.5 Å². The van der Waals surface area contributed by atoms with Crippen LogP contribution in [0.25, 0.3) is 10.9 Å². The van der Waals surface area contributed by atoms with Crippen molar-refractivity contribution in [2.24, 2.45) is 0 Å². The molecule has 2 heterocycles. The van der Waals surface area contributed by atoms with Crippen LogP contribution in [0.4, 0.5) is 10.5 Å². The van der Waals surface area contributed by atoms with Crippen molar-refractivity contribution in [1.82, 2.24) is 15.1 Å². The second-order valence-corrected chi connectivity index (χ2v) is 6.28. The van der Waals surface area contributed by atoms with Crippen LogP contribution in [0, 0.1) is 0 Å². The molecule has 20 heavy (non-hydrogen) atoms. The van der Waals surface area contributed by atoms with Crippen molar-refractivity contribution in [2.45, 2.75) is 18.9 Å². The molecule has 6 heteroatoms. The molecule has 1 aliphatic heterocycles. The average Bonchev–Trinajstić information content (AvgIpc) is 2.95. The number of nitrogens with one attached hydrogen (secondary N) is 2. The number of fused-ring (bicyclic) bond motifs is 1. The number of thioether (sulfide) groups is 1. The Morgan fingerprint density at radius 3 is 3.05 bits per heavy atom. The van der Waals surface area contributed by atoms with Crippen LogP contribution in [0.3, 0.4) is 0 Å². The summed E-state index contributed by atoms with van der Waals surface area (Å²) < 4.78 is 0. The van der Waals surface area contributed by atoms with Crippen LogP contribution < -0.4 is 5.32 Å². The second-order valence-electron chi connectivity index (χ2n) is 5.06. The average molecular weight is 290 g/mol. The molecular formula is C14H18N4OS. The van der Waals surface area contributed by atoms with Gasteiger partial charge in [-0.1, -0.05) is 0 Å². The number of amides is 2. The lowest BCUT2D eigenvalue weighted by molar-refractivity contribution is 0.200. The van der Waals surface area contributed by atoms with E-state index in [4.69, 9.17) is 0 Å². The summed E-state index contributed by atoms with van der Waals surface area (Å²) >= 11 is 1.96. The molecule has 0 spiro atoms. The van der Waals surface area contributed by atoms with Gasteiger partial charge in [0.25, 0.3) is 0 Å². The highest BCUT2D eigenvalue weighted by Gasteiger charge is 2.22. The number of hydrogen-bond donors (Lipinski definition) is 2. The van der Waals surface area contributed by atoms with Crippen molar-refractivity contribution in [3.05, 3.63) is 24.4 Å². The molecule has 2 amide bonds. The molecule has 0 unspecified atom stereocenters. The molecule has 0 bridgehead atoms. The summed E-state index contributed by atoms with van der Waals surface area (Å²) in [5.41, 5.74) is 1.73. The lowest BCUT2D eigenvalue weighted by atomic mass is 10.1. The van der Waals surface area contributed by atoms with Crippen molar-refractivity contribution < 1.29 is 4.79 Å². The van der Waals surface area contributed by atoms with Gasteiger partial charge in [0.1, 0.15) is 0 Å². The first-order chi connectivity index (χ1) is 9.74. The molecule has 106 valence electrons. The maximum absolute atomic E-state index is 12.3. The number of carbonyl (C=O) groups is 1. The van der Waals surface area contributed by atoms with Gasteiger partial charge in [-0.3, -0.25) is 5.10 Å². The molecule has 2 N–H and O–H groups in total. The van der Waals surface area contributed by atoms with E-state index in [0.29, 0.717) is 6.04 Å². The van der Waals surface area contributed by atoms with Gasteiger partial charge in [0.15, 0.2) is 0 Å². The Morgan fingerprint density at radius 1 is 1.45 bits per heavy atom. The highest BCUT2D eigenvalue weighted by molar-refractivity contribution is 7.99. The lowest BCUT2D eigenvalue weighted by Crippen LogP contribution is -2.41. The number of urea groups is 1. The van der Waals surface area contributed by atoms with Gasteiger partial charge in [0.05, 0.1) is 11.7 Å². The van der Waals surface area contributed by atoms with Crippen LogP contribution in [0.2, 0.25) is 0 Å². The van der Waals surface area contributed by atoms with Crippen LogP contribution in [0.1, 0.15) is 12.8 Å². The first-order valence-electron chi connectivity index (χ1n) is 6.79. The first kappa shape index (κ1) is 13.3. The first-order valence-corrected chi connectivity index (χ1v) is 7.94. The predicted molar refractivity (Wildman–Crippen MR) is 83.2 cm³/mol. The van der Waals surface area contributed by atoms with Crippen molar-refractivity contribution in [1.29, 1.82) is 0 Å². The molecule has 0 aliphatic carbocycles. The summed E-state index contributed by atoms with van der Waals surface area (Å²) in [6, 6.07) is 6.07. The van der Waals surface area contributed by atoms with E-state index in [9.17, 15) is 4.79 Å². The fraction of sp³-hybridized carbons (Fsp3) is 0.429.